The second kappa shape index (κ2) is 11.9. The molecule has 9 heteroatoms. The molecular weight excluding hydrogens is 464 g/mol. The van der Waals surface area contributed by atoms with Crippen LogP contribution in [0.2, 0.25) is 0 Å². The van der Waals surface area contributed by atoms with Gasteiger partial charge in [0.2, 0.25) is 0 Å². The summed E-state index contributed by atoms with van der Waals surface area (Å²) in [4.78, 5) is 30.3. The Hall–Kier alpha value is -3.56. The SMILES string of the molecule is CCOc1ccc([C@H]2C(C(=O)/C=C/c3ccco3)=C(O)C(=O)N2CCCN2CCOCC2)cc1OC. The molecule has 1 aromatic heterocycles. The van der Waals surface area contributed by atoms with E-state index in [2.05, 4.69) is 4.90 Å². The van der Waals surface area contributed by atoms with Gasteiger partial charge in [-0.3, -0.25) is 14.5 Å². The largest absolute Gasteiger partial charge is 0.503 e. The van der Waals surface area contributed by atoms with E-state index >= 15 is 0 Å². The van der Waals surface area contributed by atoms with Gasteiger partial charge in [0, 0.05) is 26.2 Å². The Morgan fingerprint density at radius 1 is 1.19 bits per heavy atom. The van der Waals surface area contributed by atoms with Crippen molar-refractivity contribution in [1.82, 2.24) is 9.80 Å². The minimum absolute atomic E-state index is 0.0281. The van der Waals surface area contributed by atoms with E-state index < -0.39 is 23.5 Å². The van der Waals surface area contributed by atoms with E-state index in [0.29, 0.717) is 55.6 Å². The van der Waals surface area contributed by atoms with Gasteiger partial charge in [0.1, 0.15) is 5.76 Å². The van der Waals surface area contributed by atoms with Crippen LogP contribution in [-0.4, -0.2) is 79.7 Å². The zero-order chi connectivity index (χ0) is 25.5. The molecule has 3 heterocycles. The minimum Gasteiger partial charge on any atom is -0.503 e. The first-order valence-electron chi connectivity index (χ1n) is 12.1. The summed E-state index contributed by atoms with van der Waals surface area (Å²) in [6.45, 7) is 6.58. The number of furan rings is 1. The third-order valence-electron chi connectivity index (χ3n) is 6.29. The first-order chi connectivity index (χ1) is 17.5. The number of rotatable bonds is 11. The van der Waals surface area contributed by atoms with Crippen LogP contribution < -0.4 is 9.47 Å². The van der Waals surface area contributed by atoms with Crippen molar-refractivity contribution >= 4 is 17.8 Å². The highest BCUT2D eigenvalue weighted by atomic mass is 16.5. The summed E-state index contributed by atoms with van der Waals surface area (Å²) in [5.41, 5.74) is 0.675. The van der Waals surface area contributed by atoms with Crippen molar-refractivity contribution in [1.29, 1.82) is 0 Å². The van der Waals surface area contributed by atoms with Crippen molar-refractivity contribution in [2.75, 3.05) is 53.1 Å². The second-order valence-corrected chi connectivity index (χ2v) is 8.53. The van der Waals surface area contributed by atoms with Gasteiger partial charge >= 0.3 is 0 Å². The zero-order valence-corrected chi connectivity index (χ0v) is 20.6. The molecule has 0 spiro atoms. The Labute approximate surface area is 210 Å². The highest BCUT2D eigenvalue weighted by Crippen LogP contribution is 2.41. The molecule has 1 fully saturated rings. The Kier molecular flexibility index (Phi) is 8.45. The zero-order valence-electron chi connectivity index (χ0n) is 20.6. The average Bonchev–Trinajstić information content (AvgIpc) is 3.51. The highest BCUT2D eigenvalue weighted by Gasteiger charge is 2.43. The van der Waals surface area contributed by atoms with E-state index in [1.807, 2.05) is 6.92 Å². The topological polar surface area (TPSA) is 102 Å². The maximum absolute atomic E-state index is 13.3. The molecule has 0 radical (unpaired) electrons. The lowest BCUT2D eigenvalue weighted by atomic mass is 9.95. The predicted octanol–water partition coefficient (Wildman–Crippen LogP) is 3.39. The van der Waals surface area contributed by atoms with Crippen LogP contribution in [0.3, 0.4) is 0 Å². The van der Waals surface area contributed by atoms with Gasteiger partial charge in [0.15, 0.2) is 23.0 Å². The van der Waals surface area contributed by atoms with Crippen LogP contribution in [0.5, 0.6) is 11.5 Å². The van der Waals surface area contributed by atoms with E-state index in [4.69, 9.17) is 18.6 Å². The fourth-order valence-electron chi connectivity index (χ4n) is 4.53. The lowest BCUT2D eigenvalue weighted by Crippen LogP contribution is -2.39. The maximum Gasteiger partial charge on any atom is 0.290 e. The van der Waals surface area contributed by atoms with Crippen molar-refractivity contribution in [3.63, 3.8) is 0 Å². The number of amides is 1. The number of hydrogen-bond acceptors (Lipinski definition) is 8. The number of ether oxygens (including phenoxy) is 3. The maximum atomic E-state index is 13.3. The molecule has 9 nitrogen and oxygen atoms in total. The number of aliphatic hydroxyl groups excluding tert-OH is 1. The van der Waals surface area contributed by atoms with Gasteiger partial charge < -0.3 is 28.6 Å². The van der Waals surface area contributed by atoms with Crippen LogP contribution in [0, 0.1) is 0 Å². The fourth-order valence-corrected chi connectivity index (χ4v) is 4.53. The van der Waals surface area contributed by atoms with E-state index in [-0.39, 0.29) is 5.57 Å². The molecule has 4 rings (SSSR count). The molecule has 2 aliphatic heterocycles. The van der Waals surface area contributed by atoms with Crippen LogP contribution in [0.15, 0.2) is 58.4 Å². The predicted molar refractivity (Wildman–Crippen MR) is 133 cm³/mol. The van der Waals surface area contributed by atoms with Gasteiger partial charge in [-0.15, -0.1) is 0 Å². The number of carbonyl (C=O) groups is 2. The van der Waals surface area contributed by atoms with Crippen molar-refractivity contribution in [2.24, 2.45) is 0 Å². The fraction of sp³-hybridized carbons (Fsp3) is 0.407. The van der Waals surface area contributed by atoms with Crippen molar-refractivity contribution in [3.8, 4) is 11.5 Å². The quantitative estimate of drug-likeness (QED) is 0.473. The highest BCUT2D eigenvalue weighted by molar-refractivity contribution is 6.14. The standard InChI is InChI=1S/C27H32N2O7/c1-3-35-22-10-7-19(18-23(22)33-2)25-24(21(30)9-8-20-6-4-15-36-20)26(31)27(32)29(25)12-5-11-28-13-16-34-17-14-28/h4,6-10,15,18,25,31H,3,5,11-14,16-17H2,1-2H3/b9-8+/t25-/m0/s1. The lowest BCUT2D eigenvalue weighted by Gasteiger charge is -2.30. The molecule has 1 atom stereocenters. The molecule has 0 aliphatic carbocycles. The van der Waals surface area contributed by atoms with E-state index in [9.17, 15) is 14.7 Å². The number of nitrogens with zero attached hydrogens (tertiary/aromatic N) is 2. The first-order valence-corrected chi connectivity index (χ1v) is 12.1. The number of methoxy groups -OCH3 is 1. The van der Waals surface area contributed by atoms with Gasteiger partial charge in [-0.05, 0) is 55.3 Å². The number of morpholine rings is 1. The van der Waals surface area contributed by atoms with Gasteiger partial charge in [-0.25, -0.2) is 0 Å². The number of ketones is 1. The molecule has 0 bridgehead atoms. The summed E-state index contributed by atoms with van der Waals surface area (Å²) in [5.74, 6) is -0.0248. The van der Waals surface area contributed by atoms with Crippen LogP contribution >= 0.6 is 0 Å². The van der Waals surface area contributed by atoms with Gasteiger partial charge in [0.05, 0.1) is 44.8 Å². The smallest absolute Gasteiger partial charge is 0.290 e. The Morgan fingerprint density at radius 2 is 2.00 bits per heavy atom. The minimum atomic E-state index is -0.763. The summed E-state index contributed by atoms with van der Waals surface area (Å²) in [6, 6.07) is 7.96. The third-order valence-corrected chi connectivity index (χ3v) is 6.29. The Morgan fingerprint density at radius 3 is 2.69 bits per heavy atom. The normalized spacial score (nSPS) is 18.9. The summed E-state index contributed by atoms with van der Waals surface area (Å²) in [5, 5.41) is 10.8. The van der Waals surface area contributed by atoms with E-state index in [1.54, 1.807) is 35.2 Å². The molecule has 192 valence electrons. The molecule has 0 unspecified atom stereocenters. The summed E-state index contributed by atoms with van der Waals surface area (Å²) in [7, 11) is 1.53. The van der Waals surface area contributed by atoms with Crippen molar-refractivity contribution in [2.45, 2.75) is 19.4 Å². The molecule has 1 saturated heterocycles. The second-order valence-electron chi connectivity index (χ2n) is 8.53. The number of aliphatic hydroxyl groups is 1. The molecular formula is C27H32N2O7. The summed E-state index contributed by atoms with van der Waals surface area (Å²) < 4.78 is 21.8. The number of allylic oxidation sites excluding steroid dienone is 1. The van der Waals surface area contributed by atoms with Crippen molar-refractivity contribution < 1.29 is 33.3 Å². The third kappa shape index (κ3) is 5.63. The molecule has 1 amide bonds. The van der Waals surface area contributed by atoms with Gasteiger partial charge in [-0.1, -0.05) is 6.07 Å². The van der Waals surface area contributed by atoms with Crippen LogP contribution in [0.4, 0.5) is 0 Å². The van der Waals surface area contributed by atoms with Gasteiger partial charge in [-0.2, -0.15) is 0 Å². The van der Waals surface area contributed by atoms with Crippen LogP contribution in [-0.2, 0) is 14.3 Å². The van der Waals surface area contributed by atoms with Crippen molar-refractivity contribution in [3.05, 3.63) is 65.3 Å². The molecule has 1 N–H and O–H groups in total. The number of hydrogen-bond donors (Lipinski definition) is 1. The van der Waals surface area contributed by atoms with E-state index in [0.717, 1.165) is 19.6 Å². The van der Waals surface area contributed by atoms with E-state index in [1.165, 1.54) is 25.5 Å². The van der Waals surface area contributed by atoms with Crippen LogP contribution in [0.25, 0.3) is 6.08 Å². The molecule has 0 saturated carbocycles. The molecule has 2 aromatic rings. The summed E-state index contributed by atoms with van der Waals surface area (Å²) >= 11 is 0. The number of carbonyl (C=O) groups excluding carboxylic acids is 2. The Balaban J connectivity index is 1.63. The monoisotopic (exact) mass is 496 g/mol. The molecule has 2 aliphatic rings. The average molecular weight is 497 g/mol. The lowest BCUT2D eigenvalue weighted by molar-refractivity contribution is -0.129. The Bertz CT molecular complexity index is 1120. The first kappa shape index (κ1) is 25.5. The van der Waals surface area contributed by atoms with Gasteiger partial charge in [0.25, 0.3) is 5.91 Å². The molecule has 1 aromatic carbocycles. The van der Waals surface area contributed by atoms with Crippen LogP contribution in [0.1, 0.15) is 30.7 Å². The number of benzene rings is 1. The molecule has 36 heavy (non-hydrogen) atoms. The summed E-state index contributed by atoms with van der Waals surface area (Å²) in [6.07, 6.45) is 5.02.